The van der Waals surface area contributed by atoms with E-state index in [1.165, 1.54) is 17.4 Å². The van der Waals surface area contributed by atoms with Gasteiger partial charge in [0, 0.05) is 53.5 Å². The lowest BCUT2D eigenvalue weighted by molar-refractivity contribution is -0.385. The van der Waals surface area contributed by atoms with E-state index < -0.39 is 4.92 Å². The van der Waals surface area contributed by atoms with E-state index in [-0.39, 0.29) is 17.2 Å². The van der Waals surface area contributed by atoms with Crippen LogP contribution >= 0.6 is 11.3 Å². The second kappa shape index (κ2) is 7.83. The Labute approximate surface area is 153 Å². The van der Waals surface area contributed by atoms with E-state index in [1.54, 1.807) is 31.5 Å². The summed E-state index contributed by atoms with van der Waals surface area (Å²) in [5.41, 5.74) is 2.58. The molecule has 7 nitrogen and oxygen atoms in total. The van der Waals surface area contributed by atoms with Gasteiger partial charge in [0.25, 0.3) is 11.6 Å². The summed E-state index contributed by atoms with van der Waals surface area (Å²) in [7, 11) is 0. The third kappa shape index (κ3) is 4.09. The Hall–Kier alpha value is -3.13. The number of rotatable bonds is 6. The molecule has 26 heavy (non-hydrogen) atoms. The number of nitrogens with one attached hydrogen (secondary N) is 1. The fourth-order valence-corrected chi connectivity index (χ4v) is 3.24. The van der Waals surface area contributed by atoms with Crippen molar-refractivity contribution in [2.75, 3.05) is 6.54 Å². The normalized spacial score (nSPS) is 10.5. The zero-order valence-electron chi connectivity index (χ0n) is 14.0. The van der Waals surface area contributed by atoms with Crippen LogP contribution in [0.5, 0.6) is 0 Å². The zero-order valence-corrected chi connectivity index (χ0v) is 14.8. The molecule has 3 aromatic rings. The monoisotopic (exact) mass is 368 g/mol. The number of amides is 1. The number of hydrogen-bond donors (Lipinski definition) is 1. The van der Waals surface area contributed by atoms with Gasteiger partial charge in [0.1, 0.15) is 5.01 Å². The Kier molecular flexibility index (Phi) is 5.33. The molecule has 0 aliphatic heterocycles. The van der Waals surface area contributed by atoms with Crippen LogP contribution in [-0.4, -0.2) is 27.3 Å². The molecule has 132 valence electrons. The molecule has 1 aromatic carbocycles. The smallest absolute Gasteiger partial charge is 0.273 e. The van der Waals surface area contributed by atoms with Crippen LogP contribution in [0.2, 0.25) is 0 Å². The van der Waals surface area contributed by atoms with E-state index in [4.69, 9.17) is 0 Å². The first-order valence-corrected chi connectivity index (χ1v) is 8.80. The first-order valence-electron chi connectivity index (χ1n) is 7.92. The topological polar surface area (TPSA) is 98.0 Å². The molecule has 2 aromatic heterocycles. The molecule has 2 heterocycles. The average molecular weight is 368 g/mol. The van der Waals surface area contributed by atoms with E-state index in [2.05, 4.69) is 15.3 Å². The fourth-order valence-electron chi connectivity index (χ4n) is 2.40. The summed E-state index contributed by atoms with van der Waals surface area (Å²) in [6.45, 7) is 2.04. The Balaban J connectivity index is 1.58. The number of nitrogens with zero attached hydrogens (tertiary/aromatic N) is 3. The predicted molar refractivity (Wildman–Crippen MR) is 99.2 cm³/mol. The van der Waals surface area contributed by atoms with Crippen molar-refractivity contribution in [3.05, 3.63) is 75.0 Å². The van der Waals surface area contributed by atoms with Crippen molar-refractivity contribution in [1.82, 2.24) is 15.3 Å². The molecule has 0 aliphatic rings. The molecule has 0 saturated heterocycles. The van der Waals surface area contributed by atoms with Crippen LogP contribution in [0.25, 0.3) is 10.6 Å². The van der Waals surface area contributed by atoms with E-state index in [0.717, 1.165) is 16.3 Å². The molecule has 0 radical (unpaired) electrons. The highest BCUT2D eigenvalue weighted by atomic mass is 32.1. The lowest BCUT2D eigenvalue weighted by Crippen LogP contribution is -2.25. The maximum absolute atomic E-state index is 12.2. The number of benzene rings is 1. The lowest BCUT2D eigenvalue weighted by Gasteiger charge is -2.05. The van der Waals surface area contributed by atoms with Gasteiger partial charge in [0.05, 0.1) is 10.6 Å². The SMILES string of the molecule is Cc1ccc(C(=O)NCCc2csc(-c3cccnc3)n2)cc1[N+](=O)[O-]. The van der Waals surface area contributed by atoms with Gasteiger partial charge in [0.15, 0.2) is 0 Å². The number of carbonyl (C=O) groups is 1. The van der Waals surface area contributed by atoms with E-state index in [1.807, 2.05) is 17.5 Å². The number of pyridine rings is 1. The maximum atomic E-state index is 12.2. The van der Waals surface area contributed by atoms with E-state index in [9.17, 15) is 14.9 Å². The van der Waals surface area contributed by atoms with Gasteiger partial charge in [-0.15, -0.1) is 11.3 Å². The summed E-state index contributed by atoms with van der Waals surface area (Å²) in [4.78, 5) is 31.3. The third-order valence-corrected chi connectivity index (χ3v) is 4.74. The number of nitro groups is 1. The van der Waals surface area contributed by atoms with E-state index in [0.29, 0.717) is 18.5 Å². The number of carbonyl (C=O) groups excluding carboxylic acids is 1. The van der Waals surface area contributed by atoms with Crippen molar-refractivity contribution in [2.45, 2.75) is 13.3 Å². The van der Waals surface area contributed by atoms with Crippen LogP contribution in [0.15, 0.2) is 48.1 Å². The lowest BCUT2D eigenvalue weighted by atomic mass is 10.1. The van der Waals surface area contributed by atoms with Crippen molar-refractivity contribution in [2.24, 2.45) is 0 Å². The van der Waals surface area contributed by atoms with Gasteiger partial charge < -0.3 is 5.32 Å². The van der Waals surface area contributed by atoms with Crippen molar-refractivity contribution in [3.8, 4) is 10.6 Å². The summed E-state index contributed by atoms with van der Waals surface area (Å²) in [5, 5.41) is 16.6. The molecular weight excluding hydrogens is 352 g/mol. The number of nitro benzene ring substituents is 1. The quantitative estimate of drug-likeness (QED) is 0.531. The molecule has 0 fully saturated rings. The van der Waals surface area contributed by atoms with Gasteiger partial charge in [-0.2, -0.15) is 0 Å². The van der Waals surface area contributed by atoms with Crippen molar-refractivity contribution < 1.29 is 9.72 Å². The molecular formula is C18H16N4O3S. The molecule has 0 spiro atoms. The second-order valence-electron chi connectivity index (χ2n) is 5.65. The number of thiazole rings is 1. The third-order valence-electron chi connectivity index (χ3n) is 3.79. The summed E-state index contributed by atoms with van der Waals surface area (Å²) in [5.74, 6) is -0.337. The molecule has 0 atom stereocenters. The minimum Gasteiger partial charge on any atom is -0.352 e. The molecule has 0 saturated carbocycles. The number of aromatic nitrogens is 2. The predicted octanol–water partition coefficient (Wildman–Crippen LogP) is 3.39. The van der Waals surface area contributed by atoms with Crippen LogP contribution in [-0.2, 0) is 6.42 Å². The standard InChI is InChI=1S/C18H16N4O3S/c1-12-4-5-13(9-16(12)22(24)25)17(23)20-8-6-15-11-26-18(21-15)14-3-2-7-19-10-14/h2-5,7,9-11H,6,8H2,1H3,(H,20,23). The molecule has 8 heteroatoms. The zero-order chi connectivity index (χ0) is 18.5. The molecule has 0 aliphatic carbocycles. The van der Waals surface area contributed by atoms with Crippen LogP contribution < -0.4 is 5.32 Å². The van der Waals surface area contributed by atoms with E-state index >= 15 is 0 Å². The highest BCUT2D eigenvalue weighted by Crippen LogP contribution is 2.23. The molecule has 3 rings (SSSR count). The fraction of sp³-hybridized carbons (Fsp3) is 0.167. The highest BCUT2D eigenvalue weighted by Gasteiger charge is 2.15. The molecule has 1 amide bonds. The Morgan fingerprint density at radius 3 is 2.92 bits per heavy atom. The first kappa shape index (κ1) is 17.7. The van der Waals surface area contributed by atoms with Gasteiger partial charge in [0.2, 0.25) is 0 Å². The second-order valence-corrected chi connectivity index (χ2v) is 6.51. The summed E-state index contributed by atoms with van der Waals surface area (Å²) >= 11 is 1.53. The van der Waals surface area contributed by atoms with Crippen molar-refractivity contribution in [1.29, 1.82) is 0 Å². The van der Waals surface area contributed by atoms with Gasteiger partial charge in [-0.1, -0.05) is 6.07 Å². The average Bonchev–Trinajstić information content (AvgIpc) is 3.11. The van der Waals surface area contributed by atoms with Gasteiger partial charge in [-0.3, -0.25) is 19.9 Å². The molecule has 1 N–H and O–H groups in total. The minimum absolute atomic E-state index is 0.0572. The summed E-state index contributed by atoms with van der Waals surface area (Å²) in [6.07, 6.45) is 4.05. The Morgan fingerprint density at radius 1 is 1.35 bits per heavy atom. The van der Waals surface area contributed by atoms with Crippen LogP contribution in [0.4, 0.5) is 5.69 Å². The van der Waals surface area contributed by atoms with Crippen LogP contribution in [0, 0.1) is 17.0 Å². The minimum atomic E-state index is -0.485. The molecule has 0 unspecified atom stereocenters. The maximum Gasteiger partial charge on any atom is 0.273 e. The largest absolute Gasteiger partial charge is 0.352 e. The van der Waals surface area contributed by atoms with Crippen molar-refractivity contribution >= 4 is 22.9 Å². The summed E-state index contributed by atoms with van der Waals surface area (Å²) in [6, 6.07) is 8.27. The number of aryl methyl sites for hydroxylation is 1. The van der Waals surface area contributed by atoms with Crippen LogP contribution in [0.3, 0.4) is 0 Å². The van der Waals surface area contributed by atoms with Crippen molar-refractivity contribution in [3.63, 3.8) is 0 Å². The first-order chi connectivity index (χ1) is 12.5. The van der Waals surface area contributed by atoms with Gasteiger partial charge in [-0.05, 0) is 25.1 Å². The van der Waals surface area contributed by atoms with Gasteiger partial charge >= 0.3 is 0 Å². The Bertz CT molecular complexity index is 941. The molecule has 0 bridgehead atoms. The van der Waals surface area contributed by atoms with Gasteiger partial charge in [-0.25, -0.2) is 4.98 Å². The Morgan fingerprint density at radius 2 is 2.19 bits per heavy atom. The number of hydrogen-bond acceptors (Lipinski definition) is 6. The summed E-state index contributed by atoms with van der Waals surface area (Å²) < 4.78 is 0. The van der Waals surface area contributed by atoms with Crippen LogP contribution in [0.1, 0.15) is 21.6 Å². The highest BCUT2D eigenvalue weighted by molar-refractivity contribution is 7.13.